The summed E-state index contributed by atoms with van der Waals surface area (Å²) in [7, 11) is 0. The van der Waals surface area contributed by atoms with Crippen molar-refractivity contribution < 1.29 is 9.53 Å². The molecule has 1 aromatic carbocycles. The van der Waals surface area contributed by atoms with Crippen LogP contribution in [-0.4, -0.2) is 24.8 Å². The number of hydrogen-bond donors (Lipinski definition) is 2. The summed E-state index contributed by atoms with van der Waals surface area (Å²) in [6.45, 7) is 7.26. The third kappa shape index (κ3) is 4.41. The molecule has 0 aliphatic carbocycles. The molecule has 0 aromatic heterocycles. The van der Waals surface area contributed by atoms with Gasteiger partial charge in [-0.2, -0.15) is 0 Å². The molecule has 1 heterocycles. The minimum Gasteiger partial charge on any atom is -0.444 e. The van der Waals surface area contributed by atoms with E-state index in [0.29, 0.717) is 11.4 Å². The number of nitrogens with one attached hydrogen (secondary N) is 1. The topological polar surface area (TPSA) is 67.6 Å². The van der Waals surface area contributed by atoms with Gasteiger partial charge in [-0.05, 0) is 45.4 Å². The predicted octanol–water partition coefficient (Wildman–Crippen LogP) is 3.38. The number of benzene rings is 1. The van der Waals surface area contributed by atoms with Crippen LogP contribution in [0.3, 0.4) is 0 Å². The van der Waals surface area contributed by atoms with E-state index in [9.17, 15) is 4.79 Å². The van der Waals surface area contributed by atoms with Gasteiger partial charge in [-0.3, -0.25) is 5.32 Å². The molecule has 0 spiro atoms. The first-order chi connectivity index (χ1) is 9.85. The summed E-state index contributed by atoms with van der Waals surface area (Å²) in [6, 6.07) is 5.47. The third-order valence-corrected chi connectivity index (χ3v) is 3.07. The van der Waals surface area contributed by atoms with Crippen LogP contribution in [0.2, 0.25) is 0 Å². The molecular formula is C16H23N3O2. The summed E-state index contributed by atoms with van der Waals surface area (Å²) in [4.78, 5) is 14.0. The van der Waals surface area contributed by atoms with Crippen molar-refractivity contribution in [2.75, 3.05) is 29.0 Å². The number of amides is 1. The van der Waals surface area contributed by atoms with Gasteiger partial charge >= 0.3 is 6.09 Å². The Labute approximate surface area is 125 Å². The van der Waals surface area contributed by atoms with Crippen LogP contribution in [0.4, 0.5) is 21.9 Å². The maximum Gasteiger partial charge on any atom is 0.412 e. The average Bonchev–Trinajstić information content (AvgIpc) is 2.40. The van der Waals surface area contributed by atoms with E-state index < -0.39 is 11.7 Å². The molecule has 0 saturated heterocycles. The number of carbonyl (C=O) groups is 1. The number of nitrogens with zero attached hydrogens (tertiary/aromatic N) is 1. The first kappa shape index (κ1) is 15.2. The van der Waals surface area contributed by atoms with Gasteiger partial charge < -0.3 is 15.4 Å². The molecule has 1 aliphatic heterocycles. The fourth-order valence-corrected chi connectivity index (χ4v) is 2.18. The van der Waals surface area contributed by atoms with Crippen molar-refractivity contribution in [3.05, 3.63) is 30.4 Å². The monoisotopic (exact) mass is 289 g/mol. The molecule has 1 aliphatic rings. The zero-order valence-corrected chi connectivity index (χ0v) is 12.8. The number of nitrogen functional groups attached to an aromatic ring is 1. The van der Waals surface area contributed by atoms with Crippen molar-refractivity contribution in [3.8, 4) is 0 Å². The van der Waals surface area contributed by atoms with Crippen molar-refractivity contribution in [1.82, 2.24) is 0 Å². The van der Waals surface area contributed by atoms with Gasteiger partial charge in [0.1, 0.15) is 5.60 Å². The van der Waals surface area contributed by atoms with Gasteiger partial charge in [-0.1, -0.05) is 12.2 Å². The maximum absolute atomic E-state index is 11.8. The van der Waals surface area contributed by atoms with E-state index in [1.807, 2.05) is 26.8 Å². The highest BCUT2D eigenvalue weighted by atomic mass is 16.6. The van der Waals surface area contributed by atoms with E-state index >= 15 is 0 Å². The number of ether oxygens (including phenoxy) is 1. The van der Waals surface area contributed by atoms with Crippen LogP contribution in [0.15, 0.2) is 30.4 Å². The molecule has 0 radical (unpaired) electrons. The minimum atomic E-state index is -0.515. The molecule has 114 valence electrons. The van der Waals surface area contributed by atoms with Crippen LogP contribution in [-0.2, 0) is 4.74 Å². The second-order valence-electron chi connectivity index (χ2n) is 6.11. The number of hydrogen-bond acceptors (Lipinski definition) is 4. The molecule has 0 fully saturated rings. The second-order valence-corrected chi connectivity index (χ2v) is 6.11. The van der Waals surface area contributed by atoms with E-state index in [2.05, 4.69) is 22.4 Å². The Kier molecular flexibility index (Phi) is 4.40. The first-order valence-electron chi connectivity index (χ1n) is 7.14. The van der Waals surface area contributed by atoms with Crippen LogP contribution >= 0.6 is 0 Å². The Balaban J connectivity index is 2.11. The zero-order valence-electron chi connectivity index (χ0n) is 12.8. The number of carbonyl (C=O) groups excluding carboxylic acids is 1. The summed E-state index contributed by atoms with van der Waals surface area (Å²) in [5.74, 6) is 0. The van der Waals surface area contributed by atoms with E-state index in [4.69, 9.17) is 10.5 Å². The molecule has 3 N–H and O–H groups in total. The maximum atomic E-state index is 11.8. The molecule has 0 bridgehead atoms. The van der Waals surface area contributed by atoms with Crippen LogP contribution in [0.25, 0.3) is 0 Å². The molecule has 1 amide bonds. The smallest absolute Gasteiger partial charge is 0.412 e. The molecule has 0 saturated carbocycles. The van der Waals surface area contributed by atoms with Crippen LogP contribution in [0.5, 0.6) is 0 Å². The van der Waals surface area contributed by atoms with Gasteiger partial charge in [0.05, 0.1) is 11.4 Å². The highest BCUT2D eigenvalue weighted by Gasteiger charge is 2.17. The Morgan fingerprint density at radius 3 is 2.71 bits per heavy atom. The molecule has 5 heteroatoms. The molecule has 21 heavy (non-hydrogen) atoms. The Bertz CT molecular complexity index is 547. The largest absolute Gasteiger partial charge is 0.444 e. The van der Waals surface area contributed by atoms with E-state index in [0.717, 1.165) is 25.2 Å². The fraction of sp³-hybridized carbons (Fsp3) is 0.438. The SMILES string of the molecule is CC(C)(C)OC(=O)Nc1ccc(N)c(N2CC=CCC2)c1. The van der Waals surface area contributed by atoms with Crippen molar-refractivity contribution in [3.63, 3.8) is 0 Å². The van der Waals surface area contributed by atoms with Crippen LogP contribution in [0, 0.1) is 0 Å². The quantitative estimate of drug-likeness (QED) is 0.647. The summed E-state index contributed by atoms with van der Waals surface area (Å²) in [5.41, 5.74) is 7.86. The lowest BCUT2D eigenvalue weighted by molar-refractivity contribution is 0.0636. The summed E-state index contributed by atoms with van der Waals surface area (Å²) in [5, 5.41) is 2.74. The van der Waals surface area contributed by atoms with Gasteiger partial charge in [0, 0.05) is 18.8 Å². The van der Waals surface area contributed by atoms with Gasteiger partial charge in [0.2, 0.25) is 0 Å². The molecule has 0 atom stereocenters. The minimum absolute atomic E-state index is 0.461. The normalized spacial score (nSPS) is 14.9. The second kappa shape index (κ2) is 6.08. The van der Waals surface area contributed by atoms with Crippen LogP contribution in [0.1, 0.15) is 27.2 Å². The van der Waals surface area contributed by atoms with E-state index in [-0.39, 0.29) is 0 Å². The van der Waals surface area contributed by atoms with Gasteiger partial charge in [0.15, 0.2) is 0 Å². The zero-order chi connectivity index (χ0) is 15.5. The summed E-state index contributed by atoms with van der Waals surface area (Å²) in [6.07, 6.45) is 4.83. The molecule has 2 rings (SSSR count). The molecule has 0 unspecified atom stereocenters. The van der Waals surface area contributed by atoms with E-state index in [1.54, 1.807) is 12.1 Å². The van der Waals surface area contributed by atoms with E-state index in [1.165, 1.54) is 0 Å². The highest BCUT2D eigenvalue weighted by Crippen LogP contribution is 2.28. The third-order valence-electron chi connectivity index (χ3n) is 3.07. The van der Waals surface area contributed by atoms with Gasteiger partial charge in [-0.15, -0.1) is 0 Å². The Morgan fingerprint density at radius 2 is 2.10 bits per heavy atom. The van der Waals surface area contributed by atoms with Crippen LogP contribution < -0.4 is 16.0 Å². The number of anilines is 3. The lowest BCUT2D eigenvalue weighted by atomic mass is 10.1. The first-order valence-corrected chi connectivity index (χ1v) is 7.14. The predicted molar refractivity (Wildman–Crippen MR) is 86.7 cm³/mol. The lowest BCUT2D eigenvalue weighted by Crippen LogP contribution is -2.28. The Morgan fingerprint density at radius 1 is 1.33 bits per heavy atom. The van der Waals surface area contributed by atoms with Gasteiger partial charge in [0.25, 0.3) is 0 Å². The van der Waals surface area contributed by atoms with Crippen molar-refractivity contribution >= 4 is 23.2 Å². The van der Waals surface area contributed by atoms with Gasteiger partial charge in [-0.25, -0.2) is 4.79 Å². The Hall–Kier alpha value is -2.17. The van der Waals surface area contributed by atoms with Crippen molar-refractivity contribution in [2.24, 2.45) is 0 Å². The summed E-state index contributed by atoms with van der Waals surface area (Å²) >= 11 is 0. The van der Waals surface area contributed by atoms with Crippen molar-refractivity contribution in [2.45, 2.75) is 32.8 Å². The fourth-order valence-electron chi connectivity index (χ4n) is 2.18. The number of rotatable bonds is 2. The summed E-state index contributed by atoms with van der Waals surface area (Å²) < 4.78 is 5.25. The lowest BCUT2D eigenvalue weighted by Gasteiger charge is -2.27. The molecule has 5 nitrogen and oxygen atoms in total. The van der Waals surface area contributed by atoms with Crippen molar-refractivity contribution in [1.29, 1.82) is 0 Å². The standard InChI is InChI=1S/C16H23N3O2/c1-16(2,3)21-15(20)18-12-7-8-13(17)14(11-12)19-9-5-4-6-10-19/h4-5,7-8,11H,6,9-10,17H2,1-3H3,(H,18,20). The molecular weight excluding hydrogens is 266 g/mol. The highest BCUT2D eigenvalue weighted by molar-refractivity contribution is 5.87. The average molecular weight is 289 g/mol. The molecule has 1 aromatic rings. The number of nitrogens with two attached hydrogens (primary N) is 1.